The molecule has 2 unspecified atom stereocenters. The quantitative estimate of drug-likeness (QED) is 0.729. The Kier molecular flexibility index (Phi) is 5.74. The van der Waals surface area contributed by atoms with E-state index in [1.165, 1.54) is 20.0 Å². The van der Waals surface area contributed by atoms with E-state index in [1.54, 1.807) is 0 Å². The predicted molar refractivity (Wildman–Crippen MR) is 106 cm³/mol. The molecule has 30 heavy (non-hydrogen) atoms. The Morgan fingerprint density at radius 2 is 1.90 bits per heavy atom. The van der Waals surface area contributed by atoms with Crippen molar-refractivity contribution in [3.05, 3.63) is 28.8 Å². The van der Waals surface area contributed by atoms with Crippen LogP contribution in [0.1, 0.15) is 59.5 Å². The van der Waals surface area contributed by atoms with Gasteiger partial charge in [0.1, 0.15) is 17.8 Å². The van der Waals surface area contributed by atoms with Crippen LogP contribution in [0, 0.1) is 0 Å². The van der Waals surface area contributed by atoms with E-state index in [1.807, 2.05) is 0 Å². The first kappa shape index (κ1) is 21.4. The van der Waals surface area contributed by atoms with Crippen LogP contribution in [0.4, 0.5) is 13.2 Å². The normalized spacial score (nSPS) is 26.4. The van der Waals surface area contributed by atoms with Crippen LogP contribution in [-0.4, -0.2) is 62.9 Å². The summed E-state index contributed by atoms with van der Waals surface area (Å²) < 4.78 is 51.9. The number of rotatable bonds is 5. The zero-order valence-corrected chi connectivity index (χ0v) is 17.6. The fraction of sp³-hybridized carbons (Fsp3) is 0.682. The summed E-state index contributed by atoms with van der Waals surface area (Å²) in [7, 11) is 3.54. The number of benzene rings is 1. The van der Waals surface area contributed by atoms with Crippen LogP contribution in [-0.2, 0) is 10.9 Å². The van der Waals surface area contributed by atoms with Gasteiger partial charge in [-0.25, -0.2) is 0 Å². The largest absolute Gasteiger partial charge is 0.496 e. The number of likely N-dealkylation sites (tertiary alicyclic amines) is 1. The number of amides is 1. The topological polar surface area (TPSA) is 47.6 Å². The second-order valence-electron chi connectivity index (χ2n) is 9.06. The Morgan fingerprint density at radius 1 is 1.20 bits per heavy atom. The van der Waals surface area contributed by atoms with E-state index in [2.05, 4.69) is 12.4 Å². The monoisotopic (exact) mass is 427 g/mol. The summed E-state index contributed by atoms with van der Waals surface area (Å²) in [5, 5.41) is 3.10. The highest BCUT2D eigenvalue weighted by atomic mass is 19.4. The molecule has 1 aliphatic carbocycles. The van der Waals surface area contributed by atoms with Gasteiger partial charge in [0.15, 0.2) is 0 Å². The second-order valence-corrected chi connectivity index (χ2v) is 9.06. The number of hydrogen-bond acceptors (Lipinski definition) is 3. The van der Waals surface area contributed by atoms with Gasteiger partial charge in [-0.05, 0) is 36.5 Å². The Morgan fingerprint density at radius 3 is 2.50 bits per heavy atom. The smallest absolute Gasteiger partial charge is 0.416 e. The lowest BCUT2D eigenvalue weighted by molar-refractivity contribution is -0.924. The number of carbonyl (C=O) groups is 1. The Balaban J connectivity index is 1.64. The predicted octanol–water partition coefficient (Wildman–Crippen LogP) is 3.72. The minimum Gasteiger partial charge on any atom is -0.496 e. The highest BCUT2D eigenvalue weighted by molar-refractivity contribution is 5.99. The lowest BCUT2D eigenvalue weighted by Gasteiger charge is -2.44. The SMILES string of the molecule is COc1cc(C(F)(F)F)cc(C2CC2)c1C(=O)NC1COCCC1[N+]1(C)CCCC1. The van der Waals surface area contributed by atoms with Crippen molar-refractivity contribution in [2.24, 2.45) is 0 Å². The summed E-state index contributed by atoms with van der Waals surface area (Å²) in [6.07, 6.45) is 0.299. The van der Waals surface area contributed by atoms with Gasteiger partial charge in [-0.2, -0.15) is 13.2 Å². The molecular formula is C22H30F3N2O3+. The Labute approximate surface area is 175 Å². The number of halogens is 3. The van der Waals surface area contributed by atoms with E-state index < -0.39 is 11.7 Å². The molecule has 1 amide bonds. The highest BCUT2D eigenvalue weighted by Gasteiger charge is 2.44. The van der Waals surface area contributed by atoms with Gasteiger partial charge in [0, 0.05) is 19.3 Å². The van der Waals surface area contributed by atoms with Crippen molar-refractivity contribution in [2.45, 2.75) is 56.3 Å². The van der Waals surface area contributed by atoms with Crippen molar-refractivity contribution in [3.63, 3.8) is 0 Å². The molecule has 0 spiro atoms. The average molecular weight is 427 g/mol. The molecular weight excluding hydrogens is 397 g/mol. The first-order valence-electron chi connectivity index (χ1n) is 10.7. The summed E-state index contributed by atoms with van der Waals surface area (Å²) in [4.78, 5) is 13.3. The fourth-order valence-electron chi connectivity index (χ4n) is 5.16. The van der Waals surface area contributed by atoms with Crippen molar-refractivity contribution >= 4 is 5.91 Å². The summed E-state index contributed by atoms with van der Waals surface area (Å²) in [5.41, 5.74) is -0.0952. The molecule has 0 bridgehead atoms. The molecule has 0 radical (unpaired) electrons. The summed E-state index contributed by atoms with van der Waals surface area (Å²) in [6.45, 7) is 3.25. The van der Waals surface area contributed by atoms with Crippen molar-refractivity contribution in [3.8, 4) is 5.75 Å². The van der Waals surface area contributed by atoms with Gasteiger partial charge < -0.3 is 19.3 Å². The Bertz CT molecular complexity index is 802. The van der Waals surface area contributed by atoms with Gasteiger partial charge in [0.2, 0.25) is 0 Å². The standard InChI is InChI=1S/C22H29F3N2O3/c1-27(8-3-4-9-27)18-7-10-30-13-17(18)26-21(28)20-16(14-5-6-14)11-15(22(23,24)25)12-19(20)29-2/h11-12,14,17-18H,3-10,13H2,1-2H3/p+1. The maximum Gasteiger partial charge on any atom is 0.416 e. The van der Waals surface area contributed by atoms with E-state index in [0.717, 1.165) is 49.0 Å². The van der Waals surface area contributed by atoms with Crippen LogP contribution in [0.5, 0.6) is 5.75 Å². The summed E-state index contributed by atoms with van der Waals surface area (Å²) in [6, 6.07) is 2.13. The van der Waals surface area contributed by atoms with Crippen LogP contribution in [0.15, 0.2) is 12.1 Å². The second kappa shape index (κ2) is 8.04. The summed E-state index contributed by atoms with van der Waals surface area (Å²) >= 11 is 0. The number of carbonyl (C=O) groups excluding carboxylic acids is 1. The van der Waals surface area contributed by atoms with Crippen LogP contribution in [0.2, 0.25) is 0 Å². The maximum atomic E-state index is 13.4. The van der Waals surface area contributed by atoms with Crippen molar-refractivity contribution in [1.29, 1.82) is 0 Å². The number of nitrogens with one attached hydrogen (secondary N) is 1. The van der Waals surface area contributed by atoms with E-state index in [4.69, 9.17) is 9.47 Å². The maximum absolute atomic E-state index is 13.4. The number of methoxy groups -OCH3 is 1. The van der Waals surface area contributed by atoms with E-state index in [9.17, 15) is 18.0 Å². The van der Waals surface area contributed by atoms with Crippen LogP contribution in [0.25, 0.3) is 0 Å². The molecule has 2 heterocycles. The number of nitrogens with zero attached hydrogens (tertiary/aromatic N) is 1. The molecule has 2 atom stereocenters. The first-order chi connectivity index (χ1) is 14.2. The van der Waals surface area contributed by atoms with Crippen LogP contribution in [0.3, 0.4) is 0 Å². The number of quaternary nitrogens is 1. The average Bonchev–Trinajstić information content (AvgIpc) is 3.47. The Hall–Kier alpha value is -1.80. The fourth-order valence-corrected chi connectivity index (χ4v) is 5.16. The minimum atomic E-state index is -4.48. The van der Waals surface area contributed by atoms with Gasteiger partial charge in [-0.15, -0.1) is 0 Å². The third-order valence-corrected chi connectivity index (χ3v) is 6.95. The lowest BCUT2D eigenvalue weighted by Crippen LogP contribution is -2.63. The highest BCUT2D eigenvalue weighted by Crippen LogP contribution is 2.46. The molecule has 3 fully saturated rings. The first-order valence-corrected chi connectivity index (χ1v) is 10.7. The zero-order valence-electron chi connectivity index (χ0n) is 17.6. The van der Waals surface area contributed by atoms with Gasteiger partial charge >= 0.3 is 6.18 Å². The van der Waals surface area contributed by atoms with Crippen LogP contribution < -0.4 is 10.1 Å². The van der Waals surface area contributed by atoms with Crippen molar-refractivity contribution < 1.29 is 31.9 Å². The number of ether oxygens (including phenoxy) is 2. The zero-order chi connectivity index (χ0) is 21.5. The van der Waals surface area contributed by atoms with Crippen LogP contribution >= 0.6 is 0 Å². The van der Waals surface area contributed by atoms with E-state index in [0.29, 0.717) is 18.8 Å². The van der Waals surface area contributed by atoms with Crippen molar-refractivity contribution in [1.82, 2.24) is 5.32 Å². The van der Waals surface area contributed by atoms with Gasteiger partial charge in [-0.1, -0.05) is 0 Å². The molecule has 0 aromatic heterocycles. The van der Waals surface area contributed by atoms with Gasteiger partial charge in [-0.3, -0.25) is 4.79 Å². The third kappa shape index (κ3) is 4.17. The molecule has 1 N–H and O–H groups in total. The molecule has 8 heteroatoms. The summed E-state index contributed by atoms with van der Waals surface area (Å²) in [5.74, 6) is -0.406. The molecule has 1 aromatic carbocycles. The van der Waals surface area contributed by atoms with E-state index in [-0.39, 0.29) is 35.2 Å². The molecule has 2 saturated heterocycles. The molecule has 1 aromatic rings. The van der Waals surface area contributed by atoms with Gasteiger partial charge in [0.05, 0.1) is 51.6 Å². The number of likely N-dealkylation sites (N-methyl/N-ethyl adjacent to an activating group) is 1. The molecule has 1 saturated carbocycles. The number of hydrogen-bond donors (Lipinski definition) is 1. The minimum absolute atomic E-state index is 0.0147. The third-order valence-electron chi connectivity index (χ3n) is 6.95. The lowest BCUT2D eigenvalue weighted by atomic mass is 9.95. The van der Waals surface area contributed by atoms with E-state index >= 15 is 0 Å². The van der Waals surface area contributed by atoms with Gasteiger partial charge in [0.25, 0.3) is 5.91 Å². The molecule has 5 nitrogen and oxygen atoms in total. The number of alkyl halides is 3. The van der Waals surface area contributed by atoms with Crippen molar-refractivity contribution in [2.75, 3.05) is 40.5 Å². The molecule has 3 aliphatic rings. The molecule has 166 valence electrons. The molecule has 4 rings (SSSR count). The molecule has 2 aliphatic heterocycles.